The van der Waals surface area contributed by atoms with Crippen molar-refractivity contribution in [3.8, 4) is 0 Å². The van der Waals surface area contributed by atoms with Crippen molar-refractivity contribution in [3.05, 3.63) is 68.2 Å². The Hall–Kier alpha value is -3.13. The average Bonchev–Trinajstić information content (AvgIpc) is 2.85. The minimum atomic E-state index is -0.778. The summed E-state index contributed by atoms with van der Waals surface area (Å²) in [6.45, 7) is -0.363. The molecule has 8 nitrogen and oxygen atoms in total. The molecule has 0 atom stereocenters. The normalized spacial score (nSPS) is 10.7. The number of halogens is 1. The van der Waals surface area contributed by atoms with Crippen molar-refractivity contribution in [1.29, 1.82) is 0 Å². The van der Waals surface area contributed by atoms with E-state index in [4.69, 9.17) is 16.0 Å². The van der Waals surface area contributed by atoms with E-state index in [9.17, 15) is 19.7 Å². The van der Waals surface area contributed by atoms with Gasteiger partial charge >= 0.3 is 5.76 Å². The number of rotatable bonds is 4. The molecular formula is C15H10ClN3O5. The zero-order chi connectivity index (χ0) is 17.3. The number of carbonyl (C=O) groups excluding carboxylic acids is 1. The number of anilines is 1. The van der Waals surface area contributed by atoms with E-state index < -0.39 is 16.6 Å². The van der Waals surface area contributed by atoms with E-state index in [-0.39, 0.29) is 23.3 Å². The van der Waals surface area contributed by atoms with Gasteiger partial charge in [-0.1, -0.05) is 23.7 Å². The lowest BCUT2D eigenvalue weighted by atomic mass is 10.3. The SMILES string of the molecule is O=C(Cn1c(=O)oc2ccc([N+](=O)[O-])cc21)Nc1ccccc1Cl. The molecule has 0 aliphatic heterocycles. The van der Waals surface area contributed by atoms with Gasteiger partial charge in [0.2, 0.25) is 5.91 Å². The second kappa shape index (κ2) is 6.17. The molecular weight excluding hydrogens is 338 g/mol. The van der Waals surface area contributed by atoms with Crippen LogP contribution >= 0.6 is 11.6 Å². The number of oxazole rings is 1. The Kier molecular flexibility index (Phi) is 4.05. The highest BCUT2D eigenvalue weighted by molar-refractivity contribution is 6.33. The van der Waals surface area contributed by atoms with Crippen LogP contribution < -0.4 is 11.1 Å². The van der Waals surface area contributed by atoms with Crippen LogP contribution in [0.25, 0.3) is 11.1 Å². The van der Waals surface area contributed by atoms with Crippen LogP contribution in [0, 0.1) is 10.1 Å². The molecule has 1 aromatic heterocycles. The first kappa shape index (κ1) is 15.8. The Morgan fingerprint density at radius 2 is 2.04 bits per heavy atom. The van der Waals surface area contributed by atoms with Gasteiger partial charge in [-0.2, -0.15) is 0 Å². The number of fused-ring (bicyclic) bond motifs is 1. The maximum Gasteiger partial charge on any atom is 0.420 e. The van der Waals surface area contributed by atoms with Gasteiger partial charge in [0.15, 0.2) is 5.58 Å². The third-order valence-corrected chi connectivity index (χ3v) is 3.64. The third kappa shape index (κ3) is 2.99. The number of non-ortho nitro benzene ring substituents is 1. The lowest BCUT2D eigenvalue weighted by Crippen LogP contribution is -2.24. The van der Waals surface area contributed by atoms with Crippen molar-refractivity contribution < 1.29 is 14.1 Å². The van der Waals surface area contributed by atoms with Gasteiger partial charge in [-0.3, -0.25) is 19.5 Å². The first-order valence-corrected chi connectivity index (χ1v) is 7.15. The highest BCUT2D eigenvalue weighted by Crippen LogP contribution is 2.22. The van der Waals surface area contributed by atoms with Gasteiger partial charge in [0.05, 0.1) is 21.2 Å². The molecule has 0 aliphatic rings. The van der Waals surface area contributed by atoms with E-state index in [1.165, 1.54) is 18.2 Å². The van der Waals surface area contributed by atoms with Crippen molar-refractivity contribution in [2.75, 3.05) is 5.32 Å². The number of nitrogens with one attached hydrogen (secondary N) is 1. The van der Waals surface area contributed by atoms with Gasteiger partial charge in [-0.05, 0) is 18.2 Å². The maximum absolute atomic E-state index is 12.1. The van der Waals surface area contributed by atoms with Gasteiger partial charge in [-0.25, -0.2) is 4.79 Å². The monoisotopic (exact) mass is 347 g/mol. The zero-order valence-corrected chi connectivity index (χ0v) is 12.8. The summed E-state index contributed by atoms with van der Waals surface area (Å²) in [4.78, 5) is 34.3. The van der Waals surface area contributed by atoms with E-state index in [0.717, 1.165) is 4.57 Å². The lowest BCUT2D eigenvalue weighted by molar-refractivity contribution is -0.384. The summed E-state index contributed by atoms with van der Waals surface area (Å²) in [6, 6.07) is 10.4. The maximum atomic E-state index is 12.1. The van der Waals surface area contributed by atoms with E-state index in [0.29, 0.717) is 10.7 Å². The molecule has 3 aromatic rings. The van der Waals surface area contributed by atoms with Crippen molar-refractivity contribution in [2.45, 2.75) is 6.54 Å². The van der Waals surface area contributed by atoms with Crippen LogP contribution in [0.15, 0.2) is 51.7 Å². The van der Waals surface area contributed by atoms with Crippen molar-refractivity contribution in [1.82, 2.24) is 4.57 Å². The van der Waals surface area contributed by atoms with E-state index >= 15 is 0 Å². The molecule has 0 fully saturated rings. The molecule has 0 bridgehead atoms. The smallest absolute Gasteiger partial charge is 0.408 e. The standard InChI is InChI=1S/C15H10ClN3O5/c16-10-3-1-2-4-11(10)17-14(20)8-18-12-7-9(19(22)23)5-6-13(12)24-15(18)21/h1-7H,8H2,(H,17,20). The van der Waals surface area contributed by atoms with Crippen molar-refractivity contribution in [3.63, 3.8) is 0 Å². The Balaban J connectivity index is 1.92. The number of para-hydroxylation sites is 1. The van der Waals surface area contributed by atoms with Gasteiger partial charge in [0, 0.05) is 12.1 Å². The van der Waals surface area contributed by atoms with E-state index in [2.05, 4.69) is 5.32 Å². The number of carbonyl (C=O) groups is 1. The third-order valence-electron chi connectivity index (χ3n) is 3.31. The van der Waals surface area contributed by atoms with E-state index in [1.54, 1.807) is 24.3 Å². The summed E-state index contributed by atoms with van der Waals surface area (Å²) in [5.41, 5.74) is 0.527. The Morgan fingerprint density at radius 3 is 2.75 bits per heavy atom. The summed E-state index contributed by atoms with van der Waals surface area (Å²) in [7, 11) is 0. The fourth-order valence-corrected chi connectivity index (χ4v) is 2.39. The predicted octanol–water partition coefficient (Wildman–Crippen LogP) is 2.79. The van der Waals surface area contributed by atoms with Crippen LogP contribution in [0.4, 0.5) is 11.4 Å². The van der Waals surface area contributed by atoms with Crippen LogP contribution in [0.2, 0.25) is 5.02 Å². The molecule has 3 rings (SSSR count). The highest BCUT2D eigenvalue weighted by atomic mass is 35.5. The molecule has 0 unspecified atom stereocenters. The average molecular weight is 348 g/mol. The number of hydrogen-bond acceptors (Lipinski definition) is 5. The van der Waals surface area contributed by atoms with Crippen LogP contribution in [-0.4, -0.2) is 15.4 Å². The number of benzene rings is 2. The number of aromatic nitrogens is 1. The predicted molar refractivity (Wildman–Crippen MR) is 87.2 cm³/mol. The number of nitro groups is 1. The van der Waals surface area contributed by atoms with Gasteiger partial charge in [0.1, 0.15) is 6.54 Å². The van der Waals surface area contributed by atoms with Crippen LogP contribution in [0.3, 0.4) is 0 Å². The number of nitrogens with zero attached hydrogens (tertiary/aromatic N) is 2. The first-order valence-electron chi connectivity index (χ1n) is 6.78. The second-order valence-electron chi connectivity index (χ2n) is 4.89. The summed E-state index contributed by atoms with van der Waals surface area (Å²) in [5, 5.41) is 13.8. The molecule has 9 heteroatoms. The molecule has 1 heterocycles. The highest BCUT2D eigenvalue weighted by Gasteiger charge is 2.16. The van der Waals surface area contributed by atoms with Gasteiger partial charge < -0.3 is 9.73 Å². The first-order chi connectivity index (χ1) is 11.5. The van der Waals surface area contributed by atoms with E-state index in [1.807, 2.05) is 0 Å². The molecule has 0 saturated carbocycles. The molecule has 0 aliphatic carbocycles. The minimum Gasteiger partial charge on any atom is -0.408 e. The molecule has 1 amide bonds. The largest absolute Gasteiger partial charge is 0.420 e. The molecule has 0 saturated heterocycles. The lowest BCUT2D eigenvalue weighted by Gasteiger charge is -2.07. The summed E-state index contributed by atoms with van der Waals surface area (Å²) < 4.78 is 6.01. The Morgan fingerprint density at radius 1 is 1.29 bits per heavy atom. The number of amides is 1. The minimum absolute atomic E-state index is 0.163. The quantitative estimate of drug-likeness (QED) is 0.576. The van der Waals surface area contributed by atoms with Crippen molar-refractivity contribution in [2.24, 2.45) is 0 Å². The topological polar surface area (TPSA) is 107 Å². The molecule has 122 valence electrons. The van der Waals surface area contributed by atoms with Crippen LogP contribution in [0.5, 0.6) is 0 Å². The fourth-order valence-electron chi connectivity index (χ4n) is 2.21. The Labute approximate surface area is 139 Å². The second-order valence-corrected chi connectivity index (χ2v) is 5.30. The summed E-state index contributed by atoms with van der Waals surface area (Å²) >= 11 is 5.96. The molecule has 0 radical (unpaired) electrons. The zero-order valence-electron chi connectivity index (χ0n) is 12.1. The van der Waals surface area contributed by atoms with Gasteiger partial charge in [0.25, 0.3) is 5.69 Å². The fraction of sp³-hybridized carbons (Fsp3) is 0.0667. The number of nitro benzene ring substituents is 1. The summed E-state index contributed by atoms with van der Waals surface area (Å²) in [6.07, 6.45) is 0. The van der Waals surface area contributed by atoms with Crippen LogP contribution in [-0.2, 0) is 11.3 Å². The van der Waals surface area contributed by atoms with Crippen LogP contribution in [0.1, 0.15) is 0 Å². The molecule has 0 spiro atoms. The molecule has 24 heavy (non-hydrogen) atoms. The van der Waals surface area contributed by atoms with Crippen molar-refractivity contribution >= 4 is 40.0 Å². The number of hydrogen-bond donors (Lipinski definition) is 1. The Bertz CT molecular complexity index is 1010. The summed E-state index contributed by atoms with van der Waals surface area (Å²) in [5.74, 6) is -1.29. The molecule has 2 aromatic carbocycles. The molecule has 1 N–H and O–H groups in total. The van der Waals surface area contributed by atoms with Gasteiger partial charge in [-0.15, -0.1) is 0 Å².